The number of hydrogen-bond donors (Lipinski definition) is 3. The smallest absolute Gasteiger partial charge is 0.242 e. The molecule has 0 spiro atoms. The summed E-state index contributed by atoms with van der Waals surface area (Å²) in [7, 11) is 0. The van der Waals surface area contributed by atoms with Gasteiger partial charge in [0.1, 0.15) is 11.6 Å². The molecule has 0 aliphatic rings. The van der Waals surface area contributed by atoms with E-state index in [0.29, 0.717) is 0 Å². The van der Waals surface area contributed by atoms with Crippen molar-refractivity contribution in [3.63, 3.8) is 0 Å². The molecule has 0 aliphatic carbocycles. The molecular formula is C15H12ClF2N3OS. The van der Waals surface area contributed by atoms with Gasteiger partial charge in [0.2, 0.25) is 5.91 Å². The van der Waals surface area contributed by atoms with Crippen LogP contribution in [0.5, 0.6) is 0 Å². The molecule has 2 aromatic rings. The molecule has 3 N–H and O–H groups in total. The molecule has 8 heteroatoms. The van der Waals surface area contributed by atoms with Crippen LogP contribution in [0.3, 0.4) is 0 Å². The van der Waals surface area contributed by atoms with Crippen LogP contribution in [0.1, 0.15) is 5.56 Å². The molecule has 2 rings (SSSR count). The third-order valence-corrected chi connectivity index (χ3v) is 3.39. The van der Waals surface area contributed by atoms with E-state index in [1.807, 2.05) is 0 Å². The zero-order chi connectivity index (χ0) is 16.8. The number of anilines is 1. The molecule has 2 aromatic carbocycles. The minimum Gasteiger partial charge on any atom is -0.329 e. The third-order valence-electron chi connectivity index (χ3n) is 2.84. The van der Waals surface area contributed by atoms with Gasteiger partial charge in [-0.1, -0.05) is 29.8 Å². The summed E-state index contributed by atoms with van der Waals surface area (Å²) in [6, 6.07) is 10.1. The number of benzene rings is 2. The average Bonchev–Trinajstić information content (AvgIpc) is 2.51. The molecular weight excluding hydrogens is 344 g/mol. The average molecular weight is 356 g/mol. The van der Waals surface area contributed by atoms with Gasteiger partial charge in [0.25, 0.3) is 0 Å². The first kappa shape index (κ1) is 17.1. The fraction of sp³-hybridized carbons (Fsp3) is 0.0667. The second-order valence-corrected chi connectivity index (χ2v) is 5.30. The van der Waals surface area contributed by atoms with E-state index in [1.54, 1.807) is 6.07 Å². The number of carbonyl (C=O) groups excluding carboxylic acids is 1. The summed E-state index contributed by atoms with van der Waals surface area (Å²) in [5, 5.41) is 2.73. The molecule has 0 aliphatic heterocycles. The highest BCUT2D eigenvalue weighted by Crippen LogP contribution is 2.19. The van der Waals surface area contributed by atoms with E-state index in [4.69, 9.17) is 23.8 Å². The van der Waals surface area contributed by atoms with Crippen LogP contribution in [0, 0.1) is 11.6 Å². The maximum absolute atomic E-state index is 13.6. The maximum atomic E-state index is 13.6. The number of rotatable bonds is 3. The lowest BCUT2D eigenvalue weighted by atomic mass is 10.1. The van der Waals surface area contributed by atoms with Crippen molar-refractivity contribution >= 4 is 40.5 Å². The van der Waals surface area contributed by atoms with E-state index in [1.165, 1.54) is 36.4 Å². The highest BCUT2D eigenvalue weighted by Gasteiger charge is 2.12. The highest BCUT2D eigenvalue weighted by molar-refractivity contribution is 7.80. The predicted molar refractivity (Wildman–Crippen MR) is 89.0 cm³/mol. The zero-order valence-corrected chi connectivity index (χ0v) is 13.3. The van der Waals surface area contributed by atoms with Gasteiger partial charge in [-0.15, -0.1) is 0 Å². The Morgan fingerprint density at radius 1 is 1.04 bits per heavy atom. The van der Waals surface area contributed by atoms with Crippen LogP contribution in [0.15, 0.2) is 42.5 Å². The molecule has 23 heavy (non-hydrogen) atoms. The summed E-state index contributed by atoms with van der Waals surface area (Å²) in [5.41, 5.74) is 4.94. The molecule has 0 bridgehead atoms. The van der Waals surface area contributed by atoms with Gasteiger partial charge in [-0.2, -0.15) is 0 Å². The van der Waals surface area contributed by atoms with Gasteiger partial charge in [-0.25, -0.2) is 8.78 Å². The Kier molecular flexibility index (Phi) is 5.84. The molecule has 0 saturated carbocycles. The summed E-state index contributed by atoms with van der Waals surface area (Å²) >= 11 is 10.8. The molecule has 0 fully saturated rings. The van der Waals surface area contributed by atoms with E-state index >= 15 is 0 Å². The Balaban J connectivity index is 1.87. The number of hydrogen-bond acceptors (Lipinski definition) is 2. The van der Waals surface area contributed by atoms with Gasteiger partial charge in [0, 0.05) is 10.6 Å². The number of halogens is 3. The topological polar surface area (TPSA) is 53.2 Å². The zero-order valence-electron chi connectivity index (χ0n) is 11.7. The van der Waals surface area contributed by atoms with E-state index in [2.05, 4.69) is 16.2 Å². The van der Waals surface area contributed by atoms with Crippen LogP contribution in [0.2, 0.25) is 5.02 Å². The molecule has 0 radical (unpaired) electrons. The summed E-state index contributed by atoms with van der Waals surface area (Å²) in [5.74, 6) is -1.60. The second kappa shape index (κ2) is 7.85. The summed E-state index contributed by atoms with van der Waals surface area (Å²) in [6.07, 6.45) is -0.263. The Morgan fingerprint density at radius 3 is 2.43 bits per heavy atom. The van der Waals surface area contributed by atoms with Crippen LogP contribution >= 0.6 is 23.8 Å². The molecule has 0 unspecified atom stereocenters. The highest BCUT2D eigenvalue weighted by atomic mass is 35.5. The van der Waals surface area contributed by atoms with E-state index in [-0.39, 0.29) is 27.8 Å². The lowest BCUT2D eigenvalue weighted by Crippen LogP contribution is -2.44. The Labute approximate surface area is 141 Å². The standard InChI is InChI=1S/C15H12ClF2N3OS/c16-10-4-3-6-11(17)9(10)8-14(22)20-21-15(23)19-13-7-2-1-5-12(13)18/h1-7H,8H2,(H,20,22)(H2,19,21,23). The quantitative estimate of drug-likeness (QED) is 0.584. The summed E-state index contributed by atoms with van der Waals surface area (Å²) in [4.78, 5) is 11.8. The number of nitrogens with one attached hydrogen (secondary N) is 3. The van der Waals surface area contributed by atoms with Crippen LogP contribution in [0.25, 0.3) is 0 Å². The summed E-state index contributed by atoms with van der Waals surface area (Å²) in [6.45, 7) is 0. The Hall–Kier alpha value is -2.25. The lowest BCUT2D eigenvalue weighted by Gasteiger charge is -2.12. The first-order chi connectivity index (χ1) is 11.0. The van der Waals surface area contributed by atoms with Crippen LogP contribution in [-0.4, -0.2) is 11.0 Å². The van der Waals surface area contributed by atoms with Crippen LogP contribution < -0.4 is 16.2 Å². The van der Waals surface area contributed by atoms with Crippen molar-refractivity contribution in [1.29, 1.82) is 0 Å². The largest absolute Gasteiger partial charge is 0.329 e. The van der Waals surface area contributed by atoms with Gasteiger partial charge in [0.05, 0.1) is 12.1 Å². The molecule has 0 heterocycles. The normalized spacial score (nSPS) is 10.0. The number of para-hydroxylation sites is 1. The van der Waals surface area contributed by atoms with Gasteiger partial charge in [-0.05, 0) is 36.5 Å². The van der Waals surface area contributed by atoms with Gasteiger partial charge in [-0.3, -0.25) is 15.6 Å². The summed E-state index contributed by atoms with van der Waals surface area (Å²) < 4.78 is 27.0. The van der Waals surface area contributed by atoms with Crippen molar-refractivity contribution in [1.82, 2.24) is 10.9 Å². The van der Waals surface area contributed by atoms with Gasteiger partial charge in [0.15, 0.2) is 5.11 Å². The second-order valence-electron chi connectivity index (χ2n) is 4.48. The van der Waals surface area contributed by atoms with E-state index in [0.717, 1.165) is 0 Å². The molecule has 120 valence electrons. The van der Waals surface area contributed by atoms with Crippen LogP contribution in [0.4, 0.5) is 14.5 Å². The van der Waals surface area contributed by atoms with Crippen molar-refractivity contribution in [2.75, 3.05) is 5.32 Å². The van der Waals surface area contributed by atoms with Crippen LogP contribution in [-0.2, 0) is 11.2 Å². The molecule has 4 nitrogen and oxygen atoms in total. The Morgan fingerprint density at radius 2 is 1.74 bits per heavy atom. The molecule has 0 atom stereocenters. The predicted octanol–water partition coefficient (Wildman–Crippen LogP) is 3.18. The fourth-order valence-electron chi connectivity index (χ4n) is 1.75. The first-order valence-corrected chi connectivity index (χ1v) is 7.29. The van der Waals surface area contributed by atoms with Gasteiger partial charge < -0.3 is 5.32 Å². The number of carbonyl (C=O) groups is 1. The fourth-order valence-corrected chi connectivity index (χ4v) is 2.14. The number of hydrazine groups is 1. The van der Waals surface area contributed by atoms with Crippen molar-refractivity contribution in [2.45, 2.75) is 6.42 Å². The Bertz CT molecular complexity index is 722. The van der Waals surface area contributed by atoms with Crippen molar-refractivity contribution in [2.24, 2.45) is 0 Å². The van der Waals surface area contributed by atoms with E-state index < -0.39 is 17.5 Å². The monoisotopic (exact) mass is 355 g/mol. The molecule has 1 amide bonds. The third kappa shape index (κ3) is 4.87. The minimum absolute atomic E-state index is 0.0110. The SMILES string of the molecule is O=C(Cc1c(F)cccc1Cl)NNC(=S)Nc1ccccc1F. The molecule has 0 saturated heterocycles. The van der Waals surface area contributed by atoms with E-state index in [9.17, 15) is 13.6 Å². The van der Waals surface area contributed by atoms with Crippen molar-refractivity contribution in [3.05, 3.63) is 64.7 Å². The lowest BCUT2D eigenvalue weighted by molar-refractivity contribution is -0.121. The van der Waals surface area contributed by atoms with Gasteiger partial charge >= 0.3 is 0 Å². The van der Waals surface area contributed by atoms with Crippen molar-refractivity contribution in [3.8, 4) is 0 Å². The number of thiocarbonyl (C=S) groups is 1. The minimum atomic E-state index is -0.570. The number of amides is 1. The maximum Gasteiger partial charge on any atom is 0.242 e. The van der Waals surface area contributed by atoms with Crippen molar-refractivity contribution < 1.29 is 13.6 Å². The molecule has 0 aromatic heterocycles. The first-order valence-electron chi connectivity index (χ1n) is 6.50.